The number of aromatic nitrogens is 1. The predicted molar refractivity (Wildman–Crippen MR) is 106 cm³/mol. The van der Waals surface area contributed by atoms with Crippen LogP contribution in [0.2, 0.25) is 0 Å². The number of likely N-dealkylation sites (N-methyl/N-ethyl adjacent to an activating group) is 1. The van der Waals surface area contributed by atoms with Crippen molar-refractivity contribution in [1.82, 2.24) is 19.7 Å². The molecule has 1 N–H and O–H groups in total. The lowest BCUT2D eigenvalue weighted by atomic mass is 10.1. The number of alkyl halides is 2. The van der Waals surface area contributed by atoms with Gasteiger partial charge in [0.15, 0.2) is 0 Å². The monoisotopic (exact) mass is 404 g/mol. The van der Waals surface area contributed by atoms with Crippen molar-refractivity contribution in [1.29, 1.82) is 0 Å². The zero-order valence-corrected chi connectivity index (χ0v) is 16.8. The number of carbonyl (C=O) groups is 2. The van der Waals surface area contributed by atoms with Crippen LogP contribution < -0.4 is 0 Å². The molecule has 2 fully saturated rings. The minimum atomic E-state index is -2.69. The van der Waals surface area contributed by atoms with Crippen LogP contribution in [0.5, 0.6) is 0 Å². The van der Waals surface area contributed by atoms with Crippen molar-refractivity contribution < 1.29 is 18.4 Å². The van der Waals surface area contributed by atoms with E-state index in [0.29, 0.717) is 23.8 Å². The molecule has 2 aliphatic rings. The maximum absolute atomic E-state index is 13.3. The second-order valence-electron chi connectivity index (χ2n) is 8.29. The summed E-state index contributed by atoms with van der Waals surface area (Å²) in [5.41, 5.74) is 1.70. The predicted octanol–water partition coefficient (Wildman–Crippen LogP) is 2.82. The molecular formula is C21H26F2N4O2. The van der Waals surface area contributed by atoms with Gasteiger partial charge in [0.25, 0.3) is 17.7 Å². The number of piperidine rings is 1. The minimum Gasteiger partial charge on any atom is -0.351 e. The van der Waals surface area contributed by atoms with Gasteiger partial charge in [-0.3, -0.25) is 9.59 Å². The van der Waals surface area contributed by atoms with Gasteiger partial charge in [0.05, 0.1) is 0 Å². The summed E-state index contributed by atoms with van der Waals surface area (Å²) in [6.07, 6.45) is 0.349. The van der Waals surface area contributed by atoms with Gasteiger partial charge < -0.3 is 19.7 Å². The molecule has 2 saturated heterocycles. The Kier molecular flexibility index (Phi) is 5.06. The molecule has 0 aliphatic carbocycles. The summed E-state index contributed by atoms with van der Waals surface area (Å²) in [6, 6.07) is 7.42. The SMILES string of the molecule is CN(C)C1CCN(C(=O)c2ccc3[nH]c(C(=O)N4CCC(F)(F)CC4)cc3c2)C1. The number of benzene rings is 1. The van der Waals surface area contributed by atoms with Gasteiger partial charge in [-0.15, -0.1) is 0 Å². The summed E-state index contributed by atoms with van der Waals surface area (Å²) in [4.78, 5) is 34.1. The summed E-state index contributed by atoms with van der Waals surface area (Å²) >= 11 is 0. The average molecular weight is 404 g/mol. The summed E-state index contributed by atoms with van der Waals surface area (Å²) in [5.74, 6) is -2.98. The first-order valence-corrected chi connectivity index (χ1v) is 9.99. The first-order valence-electron chi connectivity index (χ1n) is 9.99. The molecule has 1 aromatic carbocycles. The molecule has 4 rings (SSSR count). The molecule has 0 radical (unpaired) electrons. The van der Waals surface area contributed by atoms with Crippen molar-refractivity contribution in [3.05, 3.63) is 35.5 Å². The third-order valence-electron chi connectivity index (χ3n) is 6.06. The summed E-state index contributed by atoms with van der Waals surface area (Å²) in [5, 5.41) is 0.768. The van der Waals surface area contributed by atoms with Gasteiger partial charge >= 0.3 is 0 Å². The van der Waals surface area contributed by atoms with E-state index in [-0.39, 0.29) is 37.7 Å². The second kappa shape index (κ2) is 7.40. The molecule has 2 aliphatic heterocycles. The maximum atomic E-state index is 13.3. The van der Waals surface area contributed by atoms with E-state index in [1.54, 1.807) is 24.3 Å². The standard InChI is InChI=1S/C21H26F2N4O2/c1-25(2)16-5-8-27(13-16)19(28)14-3-4-17-15(11-14)12-18(24-17)20(29)26-9-6-21(22,23)7-10-26/h3-4,11-12,16,24H,5-10,13H2,1-2H3. The number of hydrogen-bond donors (Lipinski definition) is 1. The van der Waals surface area contributed by atoms with Crippen molar-refractivity contribution in [3.8, 4) is 0 Å². The quantitative estimate of drug-likeness (QED) is 0.856. The third kappa shape index (κ3) is 3.99. The molecule has 1 aromatic heterocycles. The number of rotatable bonds is 3. The van der Waals surface area contributed by atoms with Crippen molar-refractivity contribution in [2.75, 3.05) is 40.3 Å². The van der Waals surface area contributed by atoms with Crippen LogP contribution >= 0.6 is 0 Å². The first-order chi connectivity index (χ1) is 13.7. The zero-order chi connectivity index (χ0) is 20.8. The zero-order valence-electron chi connectivity index (χ0n) is 16.8. The second-order valence-corrected chi connectivity index (χ2v) is 8.29. The number of amides is 2. The number of halogens is 2. The maximum Gasteiger partial charge on any atom is 0.270 e. The van der Waals surface area contributed by atoms with E-state index < -0.39 is 5.92 Å². The highest BCUT2D eigenvalue weighted by atomic mass is 19.3. The smallest absolute Gasteiger partial charge is 0.270 e. The Morgan fingerprint density at radius 1 is 1.07 bits per heavy atom. The van der Waals surface area contributed by atoms with Crippen LogP contribution in [-0.4, -0.2) is 83.7 Å². The summed E-state index contributed by atoms with van der Waals surface area (Å²) in [7, 11) is 4.04. The Morgan fingerprint density at radius 3 is 2.45 bits per heavy atom. The highest BCUT2D eigenvalue weighted by Crippen LogP contribution is 2.29. The molecule has 1 unspecified atom stereocenters. The average Bonchev–Trinajstić information content (AvgIpc) is 3.33. The Hall–Kier alpha value is -2.48. The molecule has 1 atom stereocenters. The number of carbonyl (C=O) groups excluding carboxylic acids is 2. The van der Waals surface area contributed by atoms with E-state index in [1.165, 1.54) is 4.90 Å². The lowest BCUT2D eigenvalue weighted by molar-refractivity contribution is -0.0495. The molecule has 29 heavy (non-hydrogen) atoms. The lowest BCUT2D eigenvalue weighted by Crippen LogP contribution is -2.42. The number of nitrogens with zero attached hydrogens (tertiary/aromatic N) is 3. The molecular weight excluding hydrogens is 378 g/mol. The number of hydrogen-bond acceptors (Lipinski definition) is 3. The Bertz CT molecular complexity index is 918. The number of nitrogens with one attached hydrogen (secondary N) is 1. The van der Waals surface area contributed by atoms with E-state index >= 15 is 0 Å². The van der Waals surface area contributed by atoms with Crippen molar-refractivity contribution in [2.45, 2.75) is 31.2 Å². The molecule has 8 heteroatoms. The highest BCUT2D eigenvalue weighted by Gasteiger charge is 2.36. The molecule has 2 aromatic rings. The van der Waals surface area contributed by atoms with E-state index in [4.69, 9.17) is 0 Å². The highest BCUT2D eigenvalue weighted by molar-refractivity contribution is 6.01. The fraction of sp³-hybridized carbons (Fsp3) is 0.524. The number of H-pyrrole nitrogens is 1. The van der Waals surface area contributed by atoms with E-state index in [9.17, 15) is 18.4 Å². The van der Waals surface area contributed by atoms with Crippen molar-refractivity contribution in [2.24, 2.45) is 0 Å². The van der Waals surface area contributed by atoms with Gasteiger partial charge in [0.2, 0.25) is 0 Å². The Balaban J connectivity index is 1.49. The molecule has 0 bridgehead atoms. The lowest BCUT2D eigenvalue weighted by Gasteiger charge is -2.31. The van der Waals surface area contributed by atoms with Crippen molar-refractivity contribution in [3.63, 3.8) is 0 Å². The molecule has 2 amide bonds. The van der Waals surface area contributed by atoms with Crippen LogP contribution in [0, 0.1) is 0 Å². The molecule has 6 nitrogen and oxygen atoms in total. The number of likely N-dealkylation sites (tertiary alicyclic amines) is 2. The number of fused-ring (bicyclic) bond motifs is 1. The molecule has 156 valence electrons. The van der Waals surface area contributed by atoms with Crippen LogP contribution in [0.15, 0.2) is 24.3 Å². The Morgan fingerprint density at radius 2 is 1.79 bits per heavy atom. The van der Waals surface area contributed by atoms with Crippen LogP contribution in [0.25, 0.3) is 10.9 Å². The third-order valence-corrected chi connectivity index (χ3v) is 6.06. The number of aromatic amines is 1. The van der Waals surface area contributed by atoms with Crippen LogP contribution in [-0.2, 0) is 0 Å². The van der Waals surface area contributed by atoms with Crippen molar-refractivity contribution >= 4 is 22.7 Å². The Labute approximate surface area is 168 Å². The fourth-order valence-electron chi connectivity index (χ4n) is 4.12. The van der Waals surface area contributed by atoms with Gasteiger partial charge in [0, 0.05) is 61.5 Å². The van der Waals surface area contributed by atoms with Gasteiger partial charge in [-0.05, 0) is 44.8 Å². The first kappa shape index (κ1) is 19.8. The molecule has 0 saturated carbocycles. The van der Waals surface area contributed by atoms with Crippen LogP contribution in [0.1, 0.15) is 40.1 Å². The van der Waals surface area contributed by atoms with E-state index in [1.807, 2.05) is 19.0 Å². The van der Waals surface area contributed by atoms with Crippen LogP contribution in [0.3, 0.4) is 0 Å². The minimum absolute atomic E-state index is 0.0106. The van der Waals surface area contributed by atoms with Gasteiger partial charge in [-0.25, -0.2) is 8.78 Å². The largest absolute Gasteiger partial charge is 0.351 e. The topological polar surface area (TPSA) is 59.7 Å². The summed E-state index contributed by atoms with van der Waals surface area (Å²) in [6.45, 7) is 1.54. The van der Waals surface area contributed by atoms with Gasteiger partial charge in [0.1, 0.15) is 5.69 Å². The van der Waals surface area contributed by atoms with Gasteiger partial charge in [-0.2, -0.15) is 0 Å². The van der Waals surface area contributed by atoms with E-state index in [2.05, 4.69) is 9.88 Å². The molecule has 0 spiro atoms. The van der Waals surface area contributed by atoms with Gasteiger partial charge in [-0.1, -0.05) is 0 Å². The summed E-state index contributed by atoms with van der Waals surface area (Å²) < 4.78 is 26.7. The molecule has 3 heterocycles. The normalized spacial score (nSPS) is 21.9. The van der Waals surface area contributed by atoms with Crippen LogP contribution in [0.4, 0.5) is 8.78 Å². The van der Waals surface area contributed by atoms with E-state index in [0.717, 1.165) is 23.9 Å². The fourth-order valence-corrected chi connectivity index (χ4v) is 4.12.